The average molecular weight is 533 g/mol. The van der Waals surface area contributed by atoms with E-state index < -0.39 is 47.2 Å². The highest BCUT2D eigenvalue weighted by atomic mass is 32.1. The molecule has 1 unspecified atom stereocenters. The topological polar surface area (TPSA) is 120 Å². The molecule has 0 aromatic carbocycles. The van der Waals surface area contributed by atoms with Crippen LogP contribution in [0.25, 0.3) is 11.3 Å². The summed E-state index contributed by atoms with van der Waals surface area (Å²) in [7, 11) is 1.28. The normalized spacial score (nSPS) is 18.8. The summed E-state index contributed by atoms with van der Waals surface area (Å²) in [6, 6.07) is 0.0393. The number of amides is 2. The lowest BCUT2D eigenvalue weighted by molar-refractivity contribution is -0.152. The Morgan fingerprint density at radius 1 is 1.16 bits per heavy atom. The molecule has 3 heterocycles. The van der Waals surface area contributed by atoms with Crippen LogP contribution in [-0.4, -0.2) is 70.3 Å². The maximum atomic E-state index is 13.7. The third-order valence-corrected chi connectivity index (χ3v) is 6.50. The molecule has 1 saturated heterocycles. The number of ether oxygens (including phenoxy) is 3. The first kappa shape index (κ1) is 28.4. The molecule has 10 nitrogen and oxygen atoms in total. The molecule has 3 atom stereocenters. The minimum atomic E-state index is -0.939. The Kier molecular flexibility index (Phi) is 8.46. The molecule has 1 aliphatic heterocycles. The molecule has 1 aliphatic rings. The molecule has 0 saturated carbocycles. The van der Waals surface area contributed by atoms with E-state index in [1.54, 1.807) is 44.5 Å². The second-order valence-corrected chi connectivity index (χ2v) is 12.2. The van der Waals surface area contributed by atoms with Gasteiger partial charge in [0.15, 0.2) is 0 Å². The van der Waals surface area contributed by atoms with Crippen molar-refractivity contribution >= 4 is 29.3 Å². The Morgan fingerprint density at radius 2 is 1.86 bits per heavy atom. The third kappa shape index (κ3) is 7.41. The summed E-state index contributed by atoms with van der Waals surface area (Å²) in [4.78, 5) is 49.1. The number of alkyl carbamates (subject to hydrolysis) is 1. The molecule has 2 aromatic heterocycles. The second-order valence-electron chi connectivity index (χ2n) is 11.1. The number of carbonyl (C=O) groups excluding carboxylic acids is 3. The number of thiazole rings is 1. The minimum Gasteiger partial charge on any atom is -0.487 e. The second kappa shape index (κ2) is 11.0. The molecule has 2 amide bonds. The van der Waals surface area contributed by atoms with Gasteiger partial charge in [-0.1, -0.05) is 20.8 Å². The number of hydrogen-bond acceptors (Lipinski definition) is 9. The van der Waals surface area contributed by atoms with Gasteiger partial charge in [-0.15, -0.1) is 11.3 Å². The zero-order chi connectivity index (χ0) is 27.5. The molecule has 0 aliphatic carbocycles. The van der Waals surface area contributed by atoms with Crippen LogP contribution in [0.3, 0.4) is 0 Å². The highest BCUT2D eigenvalue weighted by molar-refractivity contribution is 7.09. The van der Waals surface area contributed by atoms with E-state index in [1.807, 2.05) is 39.1 Å². The van der Waals surface area contributed by atoms with Gasteiger partial charge in [0.05, 0.1) is 30.6 Å². The van der Waals surface area contributed by atoms with Crippen molar-refractivity contribution in [2.45, 2.75) is 78.7 Å². The van der Waals surface area contributed by atoms with Gasteiger partial charge in [-0.25, -0.2) is 14.6 Å². The maximum absolute atomic E-state index is 13.7. The van der Waals surface area contributed by atoms with E-state index in [1.165, 1.54) is 12.0 Å². The summed E-state index contributed by atoms with van der Waals surface area (Å²) in [5.74, 6) is -0.454. The van der Waals surface area contributed by atoms with Crippen molar-refractivity contribution < 1.29 is 28.6 Å². The predicted octanol–water partition coefficient (Wildman–Crippen LogP) is 3.97. The van der Waals surface area contributed by atoms with Gasteiger partial charge in [-0.05, 0) is 39.2 Å². The first-order chi connectivity index (χ1) is 17.2. The monoisotopic (exact) mass is 532 g/mol. The van der Waals surface area contributed by atoms with Crippen LogP contribution in [0.5, 0.6) is 5.75 Å². The Bertz CT molecular complexity index is 1140. The van der Waals surface area contributed by atoms with Gasteiger partial charge in [0.2, 0.25) is 5.91 Å². The standard InChI is InChI=1S/C26H36N4O6S/c1-15-28-19(14-37-15)16-9-17(12-27-11-16)35-18-10-20(23(32)34-8)30(13-18)22(31)21(25(2,3)4)29-24(33)36-26(5,6)7/h9,11-12,14,18,20-21H,10,13H2,1-8H3,(H,29,33)/t18-,20+,21?/m1/s1. The number of aromatic nitrogens is 2. The molecule has 3 rings (SSSR count). The van der Waals surface area contributed by atoms with Crippen LogP contribution in [0, 0.1) is 12.3 Å². The Hall–Kier alpha value is -3.21. The Balaban J connectivity index is 1.80. The summed E-state index contributed by atoms with van der Waals surface area (Å²) in [5, 5.41) is 5.59. The van der Waals surface area contributed by atoms with Gasteiger partial charge >= 0.3 is 12.1 Å². The number of esters is 1. The number of aryl methyl sites for hydroxylation is 1. The number of nitrogens with one attached hydrogen (secondary N) is 1. The number of nitrogens with zero attached hydrogens (tertiary/aromatic N) is 3. The van der Waals surface area contributed by atoms with Gasteiger partial charge in [0, 0.05) is 23.6 Å². The highest BCUT2D eigenvalue weighted by Gasteiger charge is 2.46. The van der Waals surface area contributed by atoms with E-state index in [9.17, 15) is 14.4 Å². The van der Waals surface area contributed by atoms with Gasteiger partial charge < -0.3 is 24.4 Å². The van der Waals surface area contributed by atoms with E-state index >= 15 is 0 Å². The Morgan fingerprint density at radius 3 is 2.43 bits per heavy atom. The molecule has 1 fully saturated rings. The van der Waals surface area contributed by atoms with E-state index in [4.69, 9.17) is 14.2 Å². The fraction of sp³-hybridized carbons (Fsp3) is 0.577. The van der Waals surface area contributed by atoms with Crippen LogP contribution in [0.4, 0.5) is 4.79 Å². The molecule has 0 bridgehead atoms. The number of likely N-dealkylation sites (tertiary alicyclic amines) is 1. The molecule has 0 spiro atoms. The summed E-state index contributed by atoms with van der Waals surface area (Å²) in [5.41, 5.74) is 0.234. The van der Waals surface area contributed by atoms with E-state index in [-0.39, 0.29) is 13.0 Å². The number of pyridine rings is 1. The van der Waals surface area contributed by atoms with Gasteiger partial charge in [0.1, 0.15) is 29.5 Å². The zero-order valence-corrected chi connectivity index (χ0v) is 23.5. The number of carbonyl (C=O) groups is 3. The number of hydrogen-bond donors (Lipinski definition) is 1. The lowest BCUT2D eigenvalue weighted by Crippen LogP contribution is -2.57. The minimum absolute atomic E-state index is 0.140. The van der Waals surface area contributed by atoms with Crippen molar-refractivity contribution in [2.75, 3.05) is 13.7 Å². The van der Waals surface area contributed by atoms with Gasteiger partial charge in [-0.3, -0.25) is 9.78 Å². The summed E-state index contributed by atoms with van der Waals surface area (Å²) in [6.45, 7) is 12.8. The van der Waals surface area contributed by atoms with Crippen molar-refractivity contribution in [3.05, 3.63) is 28.8 Å². The van der Waals surface area contributed by atoms with Gasteiger partial charge in [-0.2, -0.15) is 0 Å². The van der Waals surface area contributed by atoms with Crippen LogP contribution < -0.4 is 10.1 Å². The highest BCUT2D eigenvalue weighted by Crippen LogP contribution is 2.30. The van der Waals surface area contributed by atoms with Crippen molar-refractivity contribution in [3.8, 4) is 17.0 Å². The first-order valence-electron chi connectivity index (χ1n) is 12.1. The van der Waals surface area contributed by atoms with Crippen molar-refractivity contribution in [2.24, 2.45) is 5.41 Å². The van der Waals surface area contributed by atoms with E-state index in [0.717, 1.165) is 16.3 Å². The molecule has 11 heteroatoms. The van der Waals surface area contributed by atoms with Crippen LogP contribution >= 0.6 is 11.3 Å². The lowest BCUT2D eigenvalue weighted by Gasteiger charge is -2.35. The third-order valence-electron chi connectivity index (χ3n) is 5.72. The zero-order valence-electron chi connectivity index (χ0n) is 22.7. The predicted molar refractivity (Wildman–Crippen MR) is 139 cm³/mol. The van der Waals surface area contributed by atoms with Crippen LogP contribution in [-0.2, 0) is 19.1 Å². The summed E-state index contributed by atoms with van der Waals surface area (Å²) in [6.07, 6.45) is 2.34. The van der Waals surface area contributed by atoms with Crippen LogP contribution in [0.1, 0.15) is 53.0 Å². The van der Waals surface area contributed by atoms with Crippen molar-refractivity contribution in [1.29, 1.82) is 0 Å². The Labute approximate surface area is 221 Å². The molecular formula is C26H36N4O6S. The SMILES string of the molecule is COC(=O)[C@@H]1C[C@@H](Oc2cncc(-c3csc(C)n3)c2)CN1C(=O)C(NC(=O)OC(C)(C)C)C(C)(C)C. The largest absolute Gasteiger partial charge is 0.487 e. The smallest absolute Gasteiger partial charge is 0.408 e. The molecule has 1 N–H and O–H groups in total. The quantitative estimate of drug-likeness (QED) is 0.555. The van der Waals surface area contributed by atoms with E-state index in [0.29, 0.717) is 5.75 Å². The lowest BCUT2D eigenvalue weighted by atomic mass is 9.85. The van der Waals surface area contributed by atoms with Crippen LogP contribution in [0.15, 0.2) is 23.8 Å². The molecule has 37 heavy (non-hydrogen) atoms. The fourth-order valence-electron chi connectivity index (χ4n) is 4.04. The molecular weight excluding hydrogens is 496 g/mol. The van der Waals surface area contributed by atoms with Gasteiger partial charge in [0.25, 0.3) is 0 Å². The van der Waals surface area contributed by atoms with Crippen molar-refractivity contribution in [3.63, 3.8) is 0 Å². The first-order valence-corrected chi connectivity index (χ1v) is 13.0. The molecule has 202 valence electrons. The maximum Gasteiger partial charge on any atom is 0.408 e. The van der Waals surface area contributed by atoms with Crippen molar-refractivity contribution in [1.82, 2.24) is 20.2 Å². The average Bonchev–Trinajstić information content (AvgIpc) is 3.41. The number of methoxy groups -OCH3 is 1. The van der Waals surface area contributed by atoms with E-state index in [2.05, 4.69) is 15.3 Å². The summed E-state index contributed by atoms with van der Waals surface area (Å²) < 4.78 is 16.5. The summed E-state index contributed by atoms with van der Waals surface area (Å²) >= 11 is 1.54. The van der Waals surface area contributed by atoms with Crippen LogP contribution in [0.2, 0.25) is 0 Å². The fourth-order valence-corrected chi connectivity index (χ4v) is 4.66. The molecule has 0 radical (unpaired) electrons. The number of rotatable bonds is 6. The molecule has 2 aromatic rings.